The quantitative estimate of drug-likeness (QED) is 0.730. The number of hydrogen-bond donors (Lipinski definition) is 1. The summed E-state index contributed by atoms with van der Waals surface area (Å²) in [6, 6.07) is 5.93. The second kappa shape index (κ2) is 3.18. The largest absolute Gasteiger partial charge is 0.337 e. The first kappa shape index (κ1) is 8.81. The van der Waals surface area contributed by atoms with Crippen molar-refractivity contribution in [1.29, 1.82) is 0 Å². The Bertz CT molecular complexity index is 398. The number of nitrogens with one attached hydrogen (secondary N) is 1. The van der Waals surface area contributed by atoms with E-state index in [0.717, 1.165) is 11.4 Å². The van der Waals surface area contributed by atoms with Crippen LogP contribution in [0.15, 0.2) is 31.0 Å². The van der Waals surface area contributed by atoms with Crippen LogP contribution in [0.2, 0.25) is 0 Å². The van der Waals surface area contributed by atoms with E-state index in [1.807, 2.05) is 30.0 Å². The van der Waals surface area contributed by atoms with E-state index in [0.29, 0.717) is 6.54 Å². The van der Waals surface area contributed by atoms with Gasteiger partial charge in [-0.05, 0) is 30.8 Å². The number of hydrogen-bond acceptors (Lipinski definition) is 2. The van der Waals surface area contributed by atoms with Gasteiger partial charge >= 0.3 is 0 Å². The first-order valence-electron chi connectivity index (χ1n) is 4.50. The molecule has 72 valence electrons. The molecule has 0 atom stereocenters. The van der Waals surface area contributed by atoms with Crippen molar-refractivity contribution in [3.8, 4) is 0 Å². The summed E-state index contributed by atoms with van der Waals surface area (Å²) in [6.07, 6.45) is 1.68. The summed E-state index contributed by atoms with van der Waals surface area (Å²) in [5.74, 6) is 0.00116. The molecule has 0 saturated heterocycles. The maximum Gasteiger partial charge on any atom is 0.244 e. The number of fused-ring (bicyclic) bond motifs is 1. The van der Waals surface area contributed by atoms with Gasteiger partial charge in [0.25, 0.3) is 0 Å². The fourth-order valence-corrected chi connectivity index (χ4v) is 1.58. The second-order valence-electron chi connectivity index (χ2n) is 3.38. The number of carbonyl (C=O) groups excluding carboxylic acids is 1. The lowest BCUT2D eigenvalue weighted by Gasteiger charge is -2.27. The fourth-order valence-electron chi connectivity index (χ4n) is 1.58. The lowest BCUT2D eigenvalue weighted by Crippen LogP contribution is -2.34. The number of amides is 1. The van der Waals surface area contributed by atoms with Gasteiger partial charge in [0.05, 0.1) is 11.4 Å². The zero-order valence-electron chi connectivity index (χ0n) is 8.08. The molecule has 14 heavy (non-hydrogen) atoms. The van der Waals surface area contributed by atoms with Gasteiger partial charge < -0.3 is 10.2 Å². The average Bonchev–Trinajstić information content (AvgIpc) is 2.17. The summed E-state index contributed by atoms with van der Waals surface area (Å²) in [6.45, 7) is 6.07. The predicted molar refractivity (Wildman–Crippen MR) is 57.4 cm³/mol. The van der Waals surface area contributed by atoms with Gasteiger partial charge in [0.2, 0.25) is 5.91 Å². The monoisotopic (exact) mass is 188 g/mol. The smallest absolute Gasteiger partial charge is 0.244 e. The number of rotatable bonds is 1. The van der Waals surface area contributed by atoms with Crippen molar-refractivity contribution in [3.63, 3.8) is 0 Å². The summed E-state index contributed by atoms with van der Waals surface area (Å²) < 4.78 is 0. The van der Waals surface area contributed by atoms with Crippen LogP contribution >= 0.6 is 0 Å². The van der Waals surface area contributed by atoms with Crippen molar-refractivity contribution in [1.82, 2.24) is 0 Å². The molecule has 0 aromatic heterocycles. The van der Waals surface area contributed by atoms with Crippen molar-refractivity contribution in [3.05, 3.63) is 36.5 Å². The molecule has 3 heteroatoms. The van der Waals surface area contributed by atoms with E-state index >= 15 is 0 Å². The van der Waals surface area contributed by atoms with E-state index in [9.17, 15) is 4.79 Å². The number of aryl methyl sites for hydroxylation is 1. The first-order chi connectivity index (χ1) is 6.70. The van der Waals surface area contributed by atoms with Gasteiger partial charge in [-0.3, -0.25) is 4.79 Å². The highest BCUT2D eigenvalue weighted by atomic mass is 16.2. The fraction of sp³-hybridized carbons (Fsp3) is 0.182. The Kier molecular flexibility index (Phi) is 2.00. The highest BCUT2D eigenvalue weighted by Crippen LogP contribution is 2.30. The van der Waals surface area contributed by atoms with Gasteiger partial charge in [-0.2, -0.15) is 0 Å². The number of anilines is 2. The first-order valence-corrected chi connectivity index (χ1v) is 4.50. The molecule has 1 aromatic rings. The molecule has 0 unspecified atom stereocenters. The molecule has 1 N–H and O–H groups in total. The molecular weight excluding hydrogens is 176 g/mol. The third kappa shape index (κ3) is 1.37. The molecule has 1 aromatic carbocycles. The van der Waals surface area contributed by atoms with Crippen molar-refractivity contribution in [2.24, 2.45) is 0 Å². The van der Waals surface area contributed by atoms with Gasteiger partial charge in [-0.1, -0.05) is 12.6 Å². The van der Waals surface area contributed by atoms with E-state index in [4.69, 9.17) is 0 Å². The molecule has 0 spiro atoms. The van der Waals surface area contributed by atoms with E-state index in [1.165, 1.54) is 5.56 Å². The normalized spacial score (nSPS) is 14.6. The minimum absolute atomic E-state index is 0.00116. The maximum absolute atomic E-state index is 11.3. The van der Waals surface area contributed by atoms with E-state index in [1.54, 1.807) is 6.20 Å². The average molecular weight is 188 g/mol. The predicted octanol–water partition coefficient (Wildman–Crippen LogP) is 1.90. The second-order valence-corrected chi connectivity index (χ2v) is 3.38. The molecule has 0 radical (unpaired) electrons. The minimum Gasteiger partial charge on any atom is -0.337 e. The highest BCUT2D eigenvalue weighted by molar-refractivity contribution is 6.01. The molecule has 0 aliphatic carbocycles. The Morgan fingerprint density at radius 3 is 3.07 bits per heavy atom. The molecule has 1 heterocycles. The van der Waals surface area contributed by atoms with Crippen molar-refractivity contribution in [2.75, 3.05) is 16.8 Å². The van der Waals surface area contributed by atoms with Crippen LogP contribution in [-0.2, 0) is 4.79 Å². The van der Waals surface area contributed by atoms with Crippen LogP contribution in [-0.4, -0.2) is 12.5 Å². The number of carbonyl (C=O) groups is 1. The van der Waals surface area contributed by atoms with E-state index in [-0.39, 0.29) is 5.91 Å². The lowest BCUT2D eigenvalue weighted by atomic mass is 10.1. The number of nitrogens with zero attached hydrogens (tertiary/aromatic N) is 1. The summed E-state index contributed by atoms with van der Waals surface area (Å²) in [7, 11) is 0. The zero-order chi connectivity index (χ0) is 10.1. The number of benzene rings is 1. The summed E-state index contributed by atoms with van der Waals surface area (Å²) in [5, 5.41) is 2.82. The minimum atomic E-state index is 0.00116. The van der Waals surface area contributed by atoms with Crippen molar-refractivity contribution < 1.29 is 4.79 Å². The summed E-state index contributed by atoms with van der Waals surface area (Å²) in [4.78, 5) is 13.1. The Labute approximate surface area is 83.0 Å². The van der Waals surface area contributed by atoms with Crippen LogP contribution in [0.5, 0.6) is 0 Å². The maximum atomic E-state index is 11.3. The Hall–Kier alpha value is -1.77. The van der Waals surface area contributed by atoms with Crippen LogP contribution in [0, 0.1) is 6.92 Å². The van der Waals surface area contributed by atoms with Crippen LogP contribution in [0.3, 0.4) is 0 Å². The molecule has 1 aliphatic rings. The van der Waals surface area contributed by atoms with Crippen LogP contribution < -0.4 is 10.2 Å². The summed E-state index contributed by atoms with van der Waals surface area (Å²) in [5.41, 5.74) is 3.04. The zero-order valence-corrected chi connectivity index (χ0v) is 8.08. The van der Waals surface area contributed by atoms with Crippen LogP contribution in [0.1, 0.15) is 5.56 Å². The van der Waals surface area contributed by atoms with Gasteiger partial charge in [0, 0.05) is 0 Å². The highest BCUT2D eigenvalue weighted by Gasteiger charge is 2.19. The van der Waals surface area contributed by atoms with E-state index < -0.39 is 0 Å². The molecule has 0 fully saturated rings. The molecule has 1 aliphatic heterocycles. The molecule has 2 rings (SSSR count). The molecule has 0 bridgehead atoms. The van der Waals surface area contributed by atoms with Crippen LogP contribution in [0.25, 0.3) is 0 Å². The topological polar surface area (TPSA) is 32.3 Å². The van der Waals surface area contributed by atoms with Gasteiger partial charge in [0.1, 0.15) is 6.54 Å². The van der Waals surface area contributed by atoms with Crippen molar-refractivity contribution >= 4 is 17.3 Å². The molecule has 0 saturated carbocycles. The molecule has 1 amide bonds. The lowest BCUT2D eigenvalue weighted by molar-refractivity contribution is -0.115. The Morgan fingerprint density at radius 1 is 1.57 bits per heavy atom. The standard InChI is InChI=1S/C11H12N2O/c1-3-13-7-11(14)12-9-5-4-8(2)6-10(9)13/h3-6H,1,7H2,2H3,(H,12,14). The van der Waals surface area contributed by atoms with Crippen LogP contribution in [0.4, 0.5) is 11.4 Å². The third-order valence-electron chi connectivity index (χ3n) is 2.27. The van der Waals surface area contributed by atoms with Gasteiger partial charge in [-0.15, -0.1) is 0 Å². The molecular formula is C11H12N2O. The Balaban J connectivity index is 2.51. The molecule has 3 nitrogen and oxygen atoms in total. The third-order valence-corrected chi connectivity index (χ3v) is 2.27. The van der Waals surface area contributed by atoms with Gasteiger partial charge in [0.15, 0.2) is 0 Å². The Morgan fingerprint density at radius 2 is 2.36 bits per heavy atom. The summed E-state index contributed by atoms with van der Waals surface area (Å²) >= 11 is 0. The van der Waals surface area contributed by atoms with E-state index in [2.05, 4.69) is 11.9 Å². The SMILES string of the molecule is C=CN1CC(=O)Nc2ccc(C)cc21. The van der Waals surface area contributed by atoms with Crippen molar-refractivity contribution in [2.45, 2.75) is 6.92 Å². The van der Waals surface area contributed by atoms with Gasteiger partial charge in [-0.25, -0.2) is 0 Å².